The molecule has 2 aromatic rings. The van der Waals surface area contributed by atoms with Crippen molar-refractivity contribution in [3.05, 3.63) is 74.2 Å². The van der Waals surface area contributed by atoms with Gasteiger partial charge in [-0.05, 0) is 23.6 Å². The Morgan fingerprint density at radius 3 is 2.39 bits per heavy atom. The fourth-order valence-corrected chi connectivity index (χ4v) is 1.67. The van der Waals surface area contributed by atoms with Gasteiger partial charge in [-0.1, -0.05) is 12.1 Å². The topological polar surface area (TPSA) is 65.1 Å². The number of pyridine rings is 1. The van der Waals surface area contributed by atoms with Crippen LogP contribution in [-0.4, -0.2) is 9.49 Å². The Balaban J connectivity index is 2.20. The standard InChI is InChI=1S/C13H12N2O3/c1-14-7-6-11(9-13(14)16)8-10-2-4-12(5-3-10)15(17)18/h2-7,9H,8H2,1H3. The van der Waals surface area contributed by atoms with Crippen molar-refractivity contribution in [1.29, 1.82) is 0 Å². The molecule has 5 heteroatoms. The highest BCUT2D eigenvalue weighted by atomic mass is 16.6. The van der Waals surface area contributed by atoms with Gasteiger partial charge in [-0.3, -0.25) is 14.9 Å². The number of aryl methyl sites for hydroxylation is 1. The zero-order valence-electron chi connectivity index (χ0n) is 9.87. The lowest BCUT2D eigenvalue weighted by atomic mass is 10.1. The number of aromatic nitrogens is 1. The maximum Gasteiger partial charge on any atom is 0.269 e. The van der Waals surface area contributed by atoms with E-state index in [1.807, 2.05) is 6.07 Å². The molecule has 0 unspecified atom stereocenters. The van der Waals surface area contributed by atoms with E-state index in [1.165, 1.54) is 16.7 Å². The Morgan fingerprint density at radius 1 is 1.17 bits per heavy atom. The molecule has 2 rings (SSSR count). The van der Waals surface area contributed by atoms with Crippen LogP contribution in [0.1, 0.15) is 11.1 Å². The van der Waals surface area contributed by atoms with Crippen LogP contribution >= 0.6 is 0 Å². The summed E-state index contributed by atoms with van der Waals surface area (Å²) >= 11 is 0. The van der Waals surface area contributed by atoms with Gasteiger partial charge in [-0.25, -0.2) is 0 Å². The van der Waals surface area contributed by atoms with Gasteiger partial charge in [0.1, 0.15) is 0 Å². The van der Waals surface area contributed by atoms with E-state index in [0.717, 1.165) is 11.1 Å². The zero-order chi connectivity index (χ0) is 13.1. The van der Waals surface area contributed by atoms with Gasteiger partial charge in [0.25, 0.3) is 11.2 Å². The number of hydrogen-bond donors (Lipinski definition) is 0. The van der Waals surface area contributed by atoms with Crippen molar-refractivity contribution in [1.82, 2.24) is 4.57 Å². The Bertz CT molecular complexity index is 629. The summed E-state index contributed by atoms with van der Waals surface area (Å²) in [5.41, 5.74) is 1.85. The fourth-order valence-electron chi connectivity index (χ4n) is 1.67. The number of rotatable bonds is 3. The van der Waals surface area contributed by atoms with Gasteiger partial charge >= 0.3 is 0 Å². The number of nitrogens with zero attached hydrogens (tertiary/aromatic N) is 2. The highest BCUT2D eigenvalue weighted by molar-refractivity contribution is 5.35. The maximum atomic E-state index is 11.4. The molecule has 0 bridgehead atoms. The molecule has 0 saturated heterocycles. The number of nitro benzene ring substituents is 1. The molecule has 0 atom stereocenters. The molecule has 1 aromatic heterocycles. The predicted octanol–water partition coefficient (Wildman–Crippen LogP) is 1.88. The number of non-ortho nitro benzene ring substituents is 1. The zero-order valence-corrected chi connectivity index (χ0v) is 9.87. The predicted molar refractivity (Wildman–Crippen MR) is 67.6 cm³/mol. The minimum absolute atomic E-state index is 0.0607. The summed E-state index contributed by atoms with van der Waals surface area (Å²) in [7, 11) is 1.69. The van der Waals surface area contributed by atoms with Crippen LogP contribution in [0.2, 0.25) is 0 Å². The summed E-state index contributed by atoms with van der Waals surface area (Å²) in [6.45, 7) is 0. The minimum atomic E-state index is -0.429. The first-order valence-corrected chi connectivity index (χ1v) is 5.45. The SMILES string of the molecule is Cn1ccc(Cc2ccc([N+](=O)[O-])cc2)cc1=O. The van der Waals surface area contributed by atoms with Crippen molar-refractivity contribution < 1.29 is 4.92 Å². The van der Waals surface area contributed by atoms with Crippen LogP contribution in [-0.2, 0) is 13.5 Å². The average molecular weight is 244 g/mol. The van der Waals surface area contributed by atoms with Crippen molar-refractivity contribution in [3.63, 3.8) is 0 Å². The first-order valence-electron chi connectivity index (χ1n) is 5.45. The van der Waals surface area contributed by atoms with Gasteiger partial charge in [0.15, 0.2) is 0 Å². The summed E-state index contributed by atoms with van der Waals surface area (Å²) in [6, 6.07) is 9.78. The number of hydrogen-bond acceptors (Lipinski definition) is 3. The van der Waals surface area contributed by atoms with Gasteiger partial charge in [0, 0.05) is 31.4 Å². The lowest BCUT2D eigenvalue weighted by Crippen LogP contribution is -2.15. The van der Waals surface area contributed by atoms with Gasteiger partial charge in [-0.2, -0.15) is 0 Å². The van der Waals surface area contributed by atoms with Gasteiger partial charge in [0.2, 0.25) is 0 Å². The Morgan fingerprint density at radius 2 is 1.83 bits per heavy atom. The minimum Gasteiger partial charge on any atom is -0.319 e. The molecule has 92 valence electrons. The fraction of sp³-hybridized carbons (Fsp3) is 0.154. The normalized spacial score (nSPS) is 10.3. The van der Waals surface area contributed by atoms with Crippen molar-refractivity contribution in [2.45, 2.75) is 6.42 Å². The van der Waals surface area contributed by atoms with Crippen LogP contribution < -0.4 is 5.56 Å². The molecule has 0 amide bonds. The van der Waals surface area contributed by atoms with E-state index >= 15 is 0 Å². The van der Waals surface area contributed by atoms with E-state index in [4.69, 9.17) is 0 Å². The van der Waals surface area contributed by atoms with Gasteiger partial charge in [-0.15, -0.1) is 0 Å². The monoisotopic (exact) mass is 244 g/mol. The average Bonchev–Trinajstić information content (AvgIpc) is 2.34. The number of nitro groups is 1. The van der Waals surface area contributed by atoms with E-state index in [1.54, 1.807) is 31.4 Å². The summed E-state index contributed by atoms with van der Waals surface area (Å²) in [4.78, 5) is 21.5. The first-order chi connectivity index (χ1) is 8.56. The van der Waals surface area contributed by atoms with Crippen molar-refractivity contribution in [2.75, 3.05) is 0 Å². The van der Waals surface area contributed by atoms with E-state index in [0.29, 0.717) is 6.42 Å². The lowest BCUT2D eigenvalue weighted by molar-refractivity contribution is -0.384. The van der Waals surface area contributed by atoms with E-state index in [2.05, 4.69) is 0 Å². The second kappa shape index (κ2) is 4.83. The third-order valence-corrected chi connectivity index (χ3v) is 2.72. The molecule has 0 radical (unpaired) electrons. The highest BCUT2D eigenvalue weighted by Gasteiger charge is 2.04. The smallest absolute Gasteiger partial charge is 0.269 e. The molecule has 0 N–H and O–H groups in total. The molecular formula is C13H12N2O3. The summed E-state index contributed by atoms with van der Waals surface area (Å²) in [6.07, 6.45) is 2.30. The Hall–Kier alpha value is -2.43. The summed E-state index contributed by atoms with van der Waals surface area (Å²) in [5, 5.41) is 10.5. The summed E-state index contributed by atoms with van der Waals surface area (Å²) < 4.78 is 1.50. The van der Waals surface area contributed by atoms with Crippen molar-refractivity contribution in [2.24, 2.45) is 7.05 Å². The van der Waals surface area contributed by atoms with Crippen LogP contribution in [0.5, 0.6) is 0 Å². The van der Waals surface area contributed by atoms with Gasteiger partial charge < -0.3 is 4.57 Å². The molecule has 0 aliphatic heterocycles. The maximum absolute atomic E-state index is 11.4. The molecule has 0 fully saturated rings. The van der Waals surface area contributed by atoms with Crippen LogP contribution in [0.25, 0.3) is 0 Å². The molecule has 1 heterocycles. The van der Waals surface area contributed by atoms with E-state index in [-0.39, 0.29) is 11.2 Å². The molecule has 18 heavy (non-hydrogen) atoms. The van der Waals surface area contributed by atoms with Crippen LogP contribution in [0.3, 0.4) is 0 Å². The lowest BCUT2D eigenvalue weighted by Gasteiger charge is -2.03. The van der Waals surface area contributed by atoms with Crippen molar-refractivity contribution in [3.8, 4) is 0 Å². The van der Waals surface area contributed by atoms with Gasteiger partial charge in [0.05, 0.1) is 4.92 Å². The first kappa shape index (κ1) is 12.0. The second-order valence-corrected chi connectivity index (χ2v) is 4.08. The van der Waals surface area contributed by atoms with Crippen LogP contribution in [0, 0.1) is 10.1 Å². The molecule has 1 aromatic carbocycles. The van der Waals surface area contributed by atoms with Crippen molar-refractivity contribution >= 4 is 5.69 Å². The van der Waals surface area contributed by atoms with E-state index in [9.17, 15) is 14.9 Å². The largest absolute Gasteiger partial charge is 0.319 e. The van der Waals surface area contributed by atoms with Crippen LogP contribution in [0.15, 0.2) is 47.4 Å². The van der Waals surface area contributed by atoms with E-state index < -0.39 is 4.92 Å². The molecule has 0 spiro atoms. The molecule has 0 saturated carbocycles. The molecule has 0 aliphatic rings. The number of benzene rings is 1. The Kier molecular flexibility index (Phi) is 3.23. The molecule has 0 aliphatic carbocycles. The van der Waals surface area contributed by atoms with Crippen LogP contribution in [0.4, 0.5) is 5.69 Å². The third-order valence-electron chi connectivity index (χ3n) is 2.72. The molecule has 5 nitrogen and oxygen atoms in total. The highest BCUT2D eigenvalue weighted by Crippen LogP contribution is 2.14. The Labute approximate surface area is 103 Å². The second-order valence-electron chi connectivity index (χ2n) is 4.08. The third kappa shape index (κ3) is 2.63. The summed E-state index contributed by atoms with van der Waals surface area (Å²) in [5.74, 6) is 0. The molecular weight excluding hydrogens is 232 g/mol. The quantitative estimate of drug-likeness (QED) is 0.611.